The predicted molar refractivity (Wildman–Crippen MR) is 77.0 cm³/mol. The van der Waals surface area contributed by atoms with Gasteiger partial charge in [0.1, 0.15) is 0 Å². The largest absolute Gasteiger partial charge is 0.462 e. The number of ether oxygens (including phenoxy) is 1. The van der Waals surface area contributed by atoms with Gasteiger partial charge in [0.25, 0.3) is 0 Å². The zero-order chi connectivity index (χ0) is 14.8. The smallest absolute Gasteiger partial charge is 0.338 e. The van der Waals surface area contributed by atoms with Gasteiger partial charge in [-0.15, -0.1) is 5.10 Å². The summed E-state index contributed by atoms with van der Waals surface area (Å²) in [6.07, 6.45) is 2.21. The van der Waals surface area contributed by atoms with Gasteiger partial charge in [0.15, 0.2) is 0 Å². The molecule has 0 spiro atoms. The fourth-order valence-electron chi connectivity index (χ4n) is 1.88. The van der Waals surface area contributed by atoms with Gasteiger partial charge < -0.3 is 10.5 Å². The normalized spacial score (nSPS) is 14.1. The van der Waals surface area contributed by atoms with Crippen LogP contribution in [0.2, 0.25) is 0 Å². The number of nitrogens with two attached hydrogens (primary N) is 1. The van der Waals surface area contributed by atoms with Crippen molar-refractivity contribution in [2.24, 2.45) is 0 Å². The van der Waals surface area contributed by atoms with Gasteiger partial charge >= 0.3 is 5.97 Å². The number of anilines is 1. The van der Waals surface area contributed by atoms with Crippen molar-refractivity contribution < 1.29 is 9.53 Å². The molecule has 1 aliphatic carbocycles. The van der Waals surface area contributed by atoms with Crippen molar-refractivity contribution >= 4 is 23.4 Å². The highest BCUT2D eigenvalue weighted by molar-refractivity contribution is 7.99. The van der Waals surface area contributed by atoms with Gasteiger partial charge in [0.2, 0.25) is 5.16 Å². The van der Waals surface area contributed by atoms with E-state index in [0.717, 1.165) is 17.7 Å². The van der Waals surface area contributed by atoms with E-state index in [1.807, 2.05) is 4.68 Å². The zero-order valence-electron chi connectivity index (χ0n) is 11.5. The molecular weight excluding hydrogens is 290 g/mol. The van der Waals surface area contributed by atoms with Gasteiger partial charge in [-0.3, -0.25) is 0 Å². The highest BCUT2D eigenvalue weighted by Gasteiger charge is 2.28. The van der Waals surface area contributed by atoms with E-state index in [2.05, 4.69) is 15.5 Å². The number of carbonyl (C=O) groups is 1. The summed E-state index contributed by atoms with van der Waals surface area (Å²) in [7, 11) is 0. The van der Waals surface area contributed by atoms with E-state index in [-0.39, 0.29) is 5.97 Å². The van der Waals surface area contributed by atoms with Crippen LogP contribution in [0.25, 0.3) is 0 Å². The Labute approximate surface area is 125 Å². The molecule has 3 rings (SSSR count). The molecular formula is C13H15N5O2S. The molecule has 2 N–H and O–H groups in total. The zero-order valence-corrected chi connectivity index (χ0v) is 12.3. The third-order valence-corrected chi connectivity index (χ3v) is 4.12. The van der Waals surface area contributed by atoms with Crippen molar-refractivity contribution in [3.05, 3.63) is 23.8 Å². The van der Waals surface area contributed by atoms with Crippen LogP contribution in [-0.2, 0) is 4.74 Å². The van der Waals surface area contributed by atoms with Crippen molar-refractivity contribution in [2.75, 3.05) is 12.3 Å². The minimum absolute atomic E-state index is 0.339. The number of rotatable bonds is 5. The SMILES string of the molecule is CCOC(=O)c1ccc(Sc2nnnn2C2CC2)c(N)c1. The predicted octanol–water partition coefficient (Wildman–Crippen LogP) is 1.92. The van der Waals surface area contributed by atoms with E-state index in [1.165, 1.54) is 11.8 Å². The van der Waals surface area contributed by atoms with Crippen LogP contribution < -0.4 is 5.73 Å². The molecule has 0 radical (unpaired) electrons. The van der Waals surface area contributed by atoms with Crippen molar-refractivity contribution in [1.29, 1.82) is 0 Å². The molecule has 0 amide bonds. The Bertz CT molecular complexity index is 668. The Morgan fingerprint density at radius 1 is 1.52 bits per heavy atom. The highest BCUT2D eigenvalue weighted by atomic mass is 32.2. The van der Waals surface area contributed by atoms with Crippen LogP contribution >= 0.6 is 11.8 Å². The first-order valence-electron chi connectivity index (χ1n) is 6.71. The first-order valence-corrected chi connectivity index (χ1v) is 7.53. The Hall–Kier alpha value is -2.09. The molecule has 110 valence electrons. The van der Waals surface area contributed by atoms with Crippen LogP contribution in [0, 0.1) is 0 Å². The summed E-state index contributed by atoms with van der Waals surface area (Å²) in [5.74, 6) is -0.372. The summed E-state index contributed by atoms with van der Waals surface area (Å²) in [4.78, 5) is 12.5. The lowest BCUT2D eigenvalue weighted by atomic mass is 10.2. The van der Waals surface area contributed by atoms with Crippen LogP contribution in [0.15, 0.2) is 28.3 Å². The van der Waals surface area contributed by atoms with E-state index >= 15 is 0 Å². The van der Waals surface area contributed by atoms with Crippen molar-refractivity contribution in [1.82, 2.24) is 20.2 Å². The van der Waals surface area contributed by atoms with Gasteiger partial charge in [-0.25, -0.2) is 9.48 Å². The van der Waals surface area contributed by atoms with Crippen molar-refractivity contribution in [2.45, 2.75) is 35.9 Å². The minimum atomic E-state index is -0.372. The second-order valence-corrected chi connectivity index (χ2v) is 5.72. The monoisotopic (exact) mass is 305 g/mol. The van der Waals surface area contributed by atoms with Gasteiger partial charge in [0, 0.05) is 10.6 Å². The maximum atomic E-state index is 11.7. The molecule has 1 aromatic heterocycles. The standard InChI is InChI=1S/C13H15N5O2S/c1-2-20-12(19)8-3-6-11(10(14)7-8)21-13-15-16-17-18(13)9-4-5-9/h3,6-7,9H,2,4-5,14H2,1H3. The maximum Gasteiger partial charge on any atom is 0.338 e. The number of esters is 1. The van der Waals surface area contributed by atoms with Crippen LogP contribution in [0.4, 0.5) is 5.69 Å². The molecule has 0 bridgehead atoms. The molecule has 21 heavy (non-hydrogen) atoms. The molecule has 1 saturated carbocycles. The number of hydrogen-bond acceptors (Lipinski definition) is 7. The molecule has 0 saturated heterocycles. The lowest BCUT2D eigenvalue weighted by molar-refractivity contribution is 0.0526. The number of tetrazole rings is 1. The summed E-state index contributed by atoms with van der Waals surface area (Å²) in [6.45, 7) is 2.11. The highest BCUT2D eigenvalue weighted by Crippen LogP contribution is 2.39. The summed E-state index contributed by atoms with van der Waals surface area (Å²) in [5, 5.41) is 12.4. The molecule has 8 heteroatoms. The number of hydrogen-bond donors (Lipinski definition) is 1. The molecule has 1 fully saturated rings. The quantitative estimate of drug-likeness (QED) is 0.666. The third kappa shape index (κ3) is 2.99. The summed E-state index contributed by atoms with van der Waals surface area (Å²) < 4.78 is 6.77. The first-order chi connectivity index (χ1) is 10.2. The average Bonchev–Trinajstić information content (AvgIpc) is 3.21. The number of carbonyl (C=O) groups excluding carboxylic acids is 1. The number of nitrogen functional groups attached to an aromatic ring is 1. The van der Waals surface area contributed by atoms with E-state index in [9.17, 15) is 4.79 Å². The molecule has 7 nitrogen and oxygen atoms in total. The van der Waals surface area contributed by atoms with Crippen LogP contribution in [0.5, 0.6) is 0 Å². The van der Waals surface area contributed by atoms with Gasteiger partial charge in [-0.05, 0) is 60.2 Å². The van der Waals surface area contributed by atoms with Crippen LogP contribution in [0.3, 0.4) is 0 Å². The van der Waals surface area contributed by atoms with Crippen LogP contribution in [0.1, 0.15) is 36.2 Å². The van der Waals surface area contributed by atoms with E-state index in [4.69, 9.17) is 10.5 Å². The lowest BCUT2D eigenvalue weighted by Gasteiger charge is -2.07. The van der Waals surface area contributed by atoms with Gasteiger partial charge in [-0.2, -0.15) is 0 Å². The molecule has 1 heterocycles. The lowest BCUT2D eigenvalue weighted by Crippen LogP contribution is -2.05. The Balaban J connectivity index is 1.79. The molecule has 0 aliphatic heterocycles. The van der Waals surface area contributed by atoms with Crippen molar-refractivity contribution in [3.63, 3.8) is 0 Å². The molecule has 2 aromatic rings. The topological polar surface area (TPSA) is 95.9 Å². The molecule has 0 atom stereocenters. The van der Waals surface area contributed by atoms with E-state index < -0.39 is 0 Å². The Kier molecular flexibility index (Phi) is 3.78. The summed E-state index contributed by atoms with van der Waals surface area (Å²) in [5.41, 5.74) is 6.96. The minimum Gasteiger partial charge on any atom is -0.462 e. The van der Waals surface area contributed by atoms with Gasteiger partial charge in [-0.1, -0.05) is 0 Å². The molecule has 1 aliphatic rings. The number of benzene rings is 1. The maximum absolute atomic E-state index is 11.7. The van der Waals surface area contributed by atoms with Crippen LogP contribution in [-0.4, -0.2) is 32.8 Å². The second kappa shape index (κ2) is 5.72. The van der Waals surface area contributed by atoms with Gasteiger partial charge in [0.05, 0.1) is 18.2 Å². The Morgan fingerprint density at radius 2 is 2.33 bits per heavy atom. The summed E-state index contributed by atoms with van der Waals surface area (Å²) >= 11 is 1.40. The average molecular weight is 305 g/mol. The fourth-order valence-corrected chi connectivity index (χ4v) is 2.75. The third-order valence-electron chi connectivity index (χ3n) is 3.08. The van der Waals surface area contributed by atoms with Crippen molar-refractivity contribution in [3.8, 4) is 0 Å². The molecule has 1 aromatic carbocycles. The fraction of sp³-hybridized carbons (Fsp3) is 0.385. The number of aromatic nitrogens is 4. The molecule has 0 unspecified atom stereocenters. The van der Waals surface area contributed by atoms with E-state index in [0.29, 0.717) is 29.1 Å². The second-order valence-electron chi connectivity index (χ2n) is 4.71. The first kappa shape index (κ1) is 13.9. The number of nitrogens with zero attached hydrogens (tertiary/aromatic N) is 4. The van der Waals surface area contributed by atoms with E-state index in [1.54, 1.807) is 25.1 Å². The Morgan fingerprint density at radius 3 is 3.00 bits per heavy atom. The summed E-state index contributed by atoms with van der Waals surface area (Å²) in [6, 6.07) is 5.51.